The van der Waals surface area contributed by atoms with E-state index in [2.05, 4.69) is 10.6 Å². The summed E-state index contributed by atoms with van der Waals surface area (Å²) in [5.41, 5.74) is 1.03. The molecule has 5 nitrogen and oxygen atoms in total. The number of carbonyl (C=O) groups is 2. The van der Waals surface area contributed by atoms with Crippen LogP contribution in [0.4, 0.5) is 0 Å². The minimum atomic E-state index is -0.958. The molecule has 3 N–H and O–H groups in total. The van der Waals surface area contributed by atoms with Gasteiger partial charge in [0.05, 0.1) is 11.6 Å². The highest BCUT2D eigenvalue weighted by molar-refractivity contribution is 5.87. The van der Waals surface area contributed by atoms with Gasteiger partial charge < -0.3 is 15.7 Å². The zero-order valence-corrected chi connectivity index (χ0v) is 9.98. The van der Waals surface area contributed by atoms with E-state index in [0.29, 0.717) is 6.54 Å². The van der Waals surface area contributed by atoms with Crippen molar-refractivity contribution in [2.45, 2.75) is 25.4 Å². The van der Waals surface area contributed by atoms with Crippen LogP contribution in [0.3, 0.4) is 0 Å². The van der Waals surface area contributed by atoms with E-state index in [1.54, 1.807) is 18.2 Å². The lowest BCUT2D eigenvalue weighted by molar-refractivity contribution is -0.122. The van der Waals surface area contributed by atoms with E-state index < -0.39 is 5.97 Å². The Labute approximate surface area is 105 Å². The molecule has 1 aliphatic heterocycles. The molecule has 96 valence electrons. The second-order valence-electron chi connectivity index (χ2n) is 4.37. The summed E-state index contributed by atoms with van der Waals surface area (Å²) in [5, 5.41) is 14.8. The molecule has 1 fully saturated rings. The number of benzene rings is 1. The summed E-state index contributed by atoms with van der Waals surface area (Å²) in [6.45, 7) is 1.24. The van der Waals surface area contributed by atoms with E-state index in [0.717, 1.165) is 24.9 Å². The molecule has 18 heavy (non-hydrogen) atoms. The normalized spacial score (nSPS) is 18.6. The number of aromatic carboxylic acids is 1. The quantitative estimate of drug-likeness (QED) is 0.735. The lowest BCUT2D eigenvalue weighted by Gasteiger charge is -2.11. The first-order valence-electron chi connectivity index (χ1n) is 6.00. The fraction of sp³-hybridized carbons (Fsp3) is 0.385. The predicted molar refractivity (Wildman–Crippen MR) is 66.3 cm³/mol. The molecular weight excluding hydrogens is 232 g/mol. The fourth-order valence-corrected chi connectivity index (χ4v) is 2.04. The summed E-state index contributed by atoms with van der Waals surface area (Å²) in [4.78, 5) is 22.6. The minimum absolute atomic E-state index is 0.0202. The number of hydrogen-bond acceptors (Lipinski definition) is 3. The maximum Gasteiger partial charge on any atom is 0.335 e. The topological polar surface area (TPSA) is 78.4 Å². The lowest BCUT2D eigenvalue weighted by Crippen LogP contribution is -2.40. The molecule has 1 unspecified atom stereocenters. The number of hydrogen-bond donors (Lipinski definition) is 3. The summed E-state index contributed by atoms with van der Waals surface area (Å²) >= 11 is 0. The van der Waals surface area contributed by atoms with Crippen molar-refractivity contribution in [2.75, 3.05) is 6.54 Å². The van der Waals surface area contributed by atoms with Crippen LogP contribution in [-0.2, 0) is 11.3 Å². The third kappa shape index (κ3) is 3.07. The number of nitrogens with one attached hydrogen (secondary N) is 2. The highest BCUT2D eigenvalue weighted by Crippen LogP contribution is 2.07. The van der Waals surface area contributed by atoms with E-state index in [-0.39, 0.29) is 17.5 Å². The van der Waals surface area contributed by atoms with Crippen LogP contribution in [0.2, 0.25) is 0 Å². The van der Waals surface area contributed by atoms with Crippen molar-refractivity contribution < 1.29 is 14.7 Å². The largest absolute Gasteiger partial charge is 0.478 e. The number of carbonyl (C=O) groups excluding carboxylic acids is 1. The van der Waals surface area contributed by atoms with Crippen molar-refractivity contribution in [3.05, 3.63) is 35.4 Å². The van der Waals surface area contributed by atoms with Gasteiger partial charge in [-0.25, -0.2) is 4.79 Å². The summed E-state index contributed by atoms with van der Waals surface area (Å²) in [6.07, 6.45) is 1.88. The number of rotatable bonds is 4. The van der Waals surface area contributed by atoms with Gasteiger partial charge in [-0.1, -0.05) is 12.1 Å². The van der Waals surface area contributed by atoms with E-state index in [1.165, 1.54) is 6.07 Å². The SMILES string of the molecule is O=C(O)c1cccc(CNC(=O)C2CCCN2)c1. The molecule has 0 bridgehead atoms. The third-order valence-electron chi connectivity index (χ3n) is 3.02. The Balaban J connectivity index is 1.91. The lowest BCUT2D eigenvalue weighted by atomic mass is 10.1. The van der Waals surface area contributed by atoms with Crippen LogP contribution in [-0.4, -0.2) is 29.6 Å². The van der Waals surface area contributed by atoms with Crippen molar-refractivity contribution in [3.63, 3.8) is 0 Å². The summed E-state index contributed by atoms with van der Waals surface area (Å²) < 4.78 is 0. The summed E-state index contributed by atoms with van der Waals surface area (Å²) in [6, 6.07) is 6.48. The van der Waals surface area contributed by atoms with Crippen LogP contribution < -0.4 is 10.6 Å². The Hall–Kier alpha value is -1.88. The molecule has 0 spiro atoms. The van der Waals surface area contributed by atoms with Crippen molar-refractivity contribution in [2.24, 2.45) is 0 Å². The molecule has 1 atom stereocenters. The smallest absolute Gasteiger partial charge is 0.335 e. The highest BCUT2D eigenvalue weighted by atomic mass is 16.4. The van der Waals surface area contributed by atoms with E-state index in [4.69, 9.17) is 5.11 Å². The predicted octanol–water partition coefficient (Wildman–Crippen LogP) is 0.753. The molecular formula is C13H16N2O3. The third-order valence-corrected chi connectivity index (χ3v) is 3.02. The molecule has 1 saturated heterocycles. The van der Waals surface area contributed by atoms with Crippen LogP contribution in [0, 0.1) is 0 Å². The van der Waals surface area contributed by atoms with Gasteiger partial charge in [0, 0.05) is 6.54 Å². The second-order valence-corrected chi connectivity index (χ2v) is 4.37. The van der Waals surface area contributed by atoms with Gasteiger partial charge in [0.15, 0.2) is 0 Å². The summed E-state index contributed by atoms with van der Waals surface area (Å²) in [5.74, 6) is -0.978. The first kappa shape index (κ1) is 12.6. The molecule has 1 aromatic carbocycles. The summed E-state index contributed by atoms with van der Waals surface area (Å²) in [7, 11) is 0. The molecule has 1 aliphatic rings. The van der Waals surface area contributed by atoms with Crippen molar-refractivity contribution >= 4 is 11.9 Å². The van der Waals surface area contributed by atoms with Gasteiger partial charge in [-0.05, 0) is 37.1 Å². The van der Waals surface area contributed by atoms with Gasteiger partial charge in [-0.15, -0.1) is 0 Å². The molecule has 0 saturated carbocycles. The molecule has 1 aromatic rings. The van der Waals surface area contributed by atoms with Crippen LogP contribution in [0.5, 0.6) is 0 Å². The molecule has 1 heterocycles. The zero-order valence-electron chi connectivity index (χ0n) is 9.98. The minimum Gasteiger partial charge on any atom is -0.478 e. The number of carboxylic acids is 1. The zero-order chi connectivity index (χ0) is 13.0. The van der Waals surface area contributed by atoms with Gasteiger partial charge in [-0.3, -0.25) is 4.79 Å². The number of carboxylic acid groups (broad SMARTS) is 1. The average molecular weight is 248 g/mol. The maximum absolute atomic E-state index is 11.7. The molecule has 0 radical (unpaired) electrons. The first-order valence-corrected chi connectivity index (χ1v) is 6.00. The van der Waals surface area contributed by atoms with Gasteiger partial charge in [0.25, 0.3) is 0 Å². The van der Waals surface area contributed by atoms with E-state index in [1.807, 2.05) is 0 Å². The average Bonchev–Trinajstić information content (AvgIpc) is 2.90. The van der Waals surface area contributed by atoms with Gasteiger partial charge in [0.1, 0.15) is 0 Å². The van der Waals surface area contributed by atoms with E-state index >= 15 is 0 Å². The molecule has 1 amide bonds. The highest BCUT2D eigenvalue weighted by Gasteiger charge is 2.21. The van der Waals surface area contributed by atoms with Crippen molar-refractivity contribution in [1.82, 2.24) is 10.6 Å². The fourth-order valence-electron chi connectivity index (χ4n) is 2.04. The van der Waals surface area contributed by atoms with Gasteiger partial charge in [-0.2, -0.15) is 0 Å². The number of amides is 1. The van der Waals surface area contributed by atoms with Crippen LogP contribution in [0.25, 0.3) is 0 Å². The van der Waals surface area contributed by atoms with E-state index in [9.17, 15) is 9.59 Å². The van der Waals surface area contributed by atoms with Gasteiger partial charge >= 0.3 is 5.97 Å². The molecule has 0 aromatic heterocycles. The van der Waals surface area contributed by atoms with Gasteiger partial charge in [0.2, 0.25) is 5.91 Å². The first-order chi connectivity index (χ1) is 8.66. The van der Waals surface area contributed by atoms with Crippen molar-refractivity contribution in [3.8, 4) is 0 Å². The Bertz CT molecular complexity index is 453. The van der Waals surface area contributed by atoms with Crippen LogP contribution >= 0.6 is 0 Å². The van der Waals surface area contributed by atoms with Crippen molar-refractivity contribution in [1.29, 1.82) is 0 Å². The molecule has 2 rings (SSSR count). The Kier molecular flexibility index (Phi) is 3.94. The Morgan fingerprint density at radius 2 is 2.28 bits per heavy atom. The monoisotopic (exact) mass is 248 g/mol. The maximum atomic E-state index is 11.7. The second kappa shape index (κ2) is 5.64. The molecule has 0 aliphatic carbocycles. The Morgan fingerprint density at radius 3 is 2.94 bits per heavy atom. The van der Waals surface area contributed by atoms with Crippen LogP contribution in [0.15, 0.2) is 24.3 Å². The Morgan fingerprint density at radius 1 is 1.44 bits per heavy atom. The standard InChI is InChI=1S/C13H16N2O3/c16-12(11-5-2-6-14-11)15-8-9-3-1-4-10(7-9)13(17)18/h1,3-4,7,11,14H,2,5-6,8H2,(H,15,16)(H,17,18). The van der Waals surface area contributed by atoms with Crippen LogP contribution in [0.1, 0.15) is 28.8 Å². The molecule has 5 heteroatoms.